The van der Waals surface area contributed by atoms with Crippen molar-refractivity contribution in [2.45, 2.75) is 32.7 Å². The van der Waals surface area contributed by atoms with Crippen LogP contribution in [0.3, 0.4) is 0 Å². The topological polar surface area (TPSA) is 23.6 Å². The first kappa shape index (κ1) is 13.5. The van der Waals surface area contributed by atoms with Gasteiger partial charge in [0.15, 0.2) is 0 Å². The van der Waals surface area contributed by atoms with Gasteiger partial charge in [-0.25, -0.2) is 13.8 Å². The third-order valence-corrected chi connectivity index (χ3v) is 4.57. The minimum absolute atomic E-state index is 0.0622. The van der Waals surface area contributed by atoms with E-state index >= 15 is 0 Å². The first-order chi connectivity index (χ1) is 9.44. The average molecular weight is 280 g/mol. The summed E-state index contributed by atoms with van der Waals surface area (Å²) in [5.41, 5.74) is 0.156. The number of carbonyl (C=O) groups is 1. The average Bonchev–Trinajstić information content (AvgIpc) is 2.89. The Balaban J connectivity index is 1.95. The van der Waals surface area contributed by atoms with E-state index in [0.717, 1.165) is 19.0 Å². The maximum atomic E-state index is 13.4. The number of nitrogens with zero attached hydrogens (tertiary/aromatic N) is 2. The number of hydrogen-bond donors (Lipinski definition) is 0. The summed E-state index contributed by atoms with van der Waals surface area (Å²) in [5, 5.41) is 3.72. The first-order valence-electron chi connectivity index (χ1n) is 6.99. The third kappa shape index (κ3) is 1.92. The molecule has 2 saturated heterocycles. The van der Waals surface area contributed by atoms with Crippen molar-refractivity contribution in [2.75, 3.05) is 13.1 Å². The molecule has 2 unspecified atom stereocenters. The summed E-state index contributed by atoms with van der Waals surface area (Å²) >= 11 is 0. The number of hydrazine groups is 1. The van der Waals surface area contributed by atoms with Crippen molar-refractivity contribution in [3.8, 4) is 0 Å². The van der Waals surface area contributed by atoms with Crippen LogP contribution >= 0.6 is 0 Å². The van der Waals surface area contributed by atoms with E-state index in [9.17, 15) is 13.6 Å². The molecule has 3 nitrogen and oxygen atoms in total. The Kier molecular flexibility index (Phi) is 3.05. The van der Waals surface area contributed by atoms with Gasteiger partial charge in [-0.15, -0.1) is 0 Å². The molecule has 2 aliphatic rings. The lowest BCUT2D eigenvalue weighted by molar-refractivity contribution is -0.142. The summed E-state index contributed by atoms with van der Waals surface area (Å²) in [6, 6.07) is 3.26. The van der Waals surface area contributed by atoms with E-state index in [-0.39, 0.29) is 17.4 Å². The van der Waals surface area contributed by atoms with Crippen molar-refractivity contribution in [1.82, 2.24) is 10.0 Å². The fraction of sp³-hybridized carbons (Fsp3) is 0.533. The van der Waals surface area contributed by atoms with E-state index in [2.05, 4.69) is 0 Å². The molecule has 0 spiro atoms. The zero-order valence-corrected chi connectivity index (χ0v) is 11.7. The molecule has 2 aliphatic heterocycles. The van der Waals surface area contributed by atoms with Gasteiger partial charge in [0.1, 0.15) is 11.6 Å². The Morgan fingerprint density at radius 2 is 1.95 bits per heavy atom. The van der Waals surface area contributed by atoms with Crippen LogP contribution in [-0.4, -0.2) is 29.0 Å². The maximum Gasteiger partial charge on any atom is 0.244 e. The second kappa shape index (κ2) is 4.52. The Morgan fingerprint density at radius 1 is 1.30 bits per heavy atom. The third-order valence-electron chi connectivity index (χ3n) is 4.57. The Morgan fingerprint density at radius 3 is 2.55 bits per heavy atom. The lowest BCUT2D eigenvalue weighted by atomic mass is 9.87. The Labute approximate surface area is 117 Å². The fourth-order valence-corrected chi connectivity index (χ4v) is 3.21. The highest BCUT2D eigenvalue weighted by Gasteiger charge is 2.51. The van der Waals surface area contributed by atoms with Crippen LogP contribution in [0.4, 0.5) is 8.78 Å². The van der Waals surface area contributed by atoms with Crippen molar-refractivity contribution in [1.29, 1.82) is 0 Å². The number of halogens is 2. The molecular formula is C15H18F2N2O. The SMILES string of the molecule is CCC1(C)CN2CCC(c3cc(F)cc(F)c3)N2C1=O. The van der Waals surface area contributed by atoms with Crippen LogP contribution < -0.4 is 0 Å². The molecule has 2 fully saturated rings. The van der Waals surface area contributed by atoms with Crippen molar-refractivity contribution in [3.05, 3.63) is 35.4 Å². The summed E-state index contributed by atoms with van der Waals surface area (Å²) in [7, 11) is 0. The molecule has 0 saturated carbocycles. The Hall–Kier alpha value is -1.49. The first-order valence-corrected chi connectivity index (χ1v) is 6.99. The molecule has 1 amide bonds. The molecule has 1 aromatic rings. The van der Waals surface area contributed by atoms with Gasteiger partial charge in [-0.3, -0.25) is 9.80 Å². The standard InChI is InChI=1S/C15H18F2N2O/c1-3-15(2)9-18-5-4-13(19(18)14(15)20)10-6-11(16)8-12(17)7-10/h6-8,13H,3-5,9H2,1-2H3. The summed E-state index contributed by atoms with van der Waals surface area (Å²) in [5.74, 6) is -1.13. The highest BCUT2D eigenvalue weighted by atomic mass is 19.1. The summed E-state index contributed by atoms with van der Waals surface area (Å²) in [6.45, 7) is 5.40. The molecule has 0 bridgehead atoms. The highest BCUT2D eigenvalue weighted by Crippen LogP contribution is 2.43. The van der Waals surface area contributed by atoms with E-state index in [4.69, 9.17) is 0 Å². The van der Waals surface area contributed by atoms with Gasteiger partial charge in [0.05, 0.1) is 11.5 Å². The normalized spacial score (nSPS) is 30.1. The van der Waals surface area contributed by atoms with Gasteiger partial charge < -0.3 is 0 Å². The number of carbonyl (C=O) groups excluding carboxylic acids is 1. The van der Waals surface area contributed by atoms with Gasteiger partial charge in [-0.05, 0) is 37.5 Å². The van der Waals surface area contributed by atoms with E-state index in [1.54, 1.807) is 5.01 Å². The molecule has 0 aromatic heterocycles. The Bertz CT molecular complexity index is 543. The number of amides is 1. The van der Waals surface area contributed by atoms with E-state index in [0.29, 0.717) is 18.5 Å². The fourth-order valence-electron chi connectivity index (χ4n) is 3.21. The molecule has 20 heavy (non-hydrogen) atoms. The van der Waals surface area contributed by atoms with Crippen LogP contribution in [-0.2, 0) is 4.79 Å². The summed E-state index contributed by atoms with van der Waals surface area (Å²) < 4.78 is 26.8. The molecule has 108 valence electrons. The molecule has 2 atom stereocenters. The summed E-state index contributed by atoms with van der Waals surface area (Å²) in [6.07, 6.45) is 1.48. The van der Waals surface area contributed by atoms with E-state index in [1.807, 2.05) is 18.9 Å². The molecule has 3 rings (SSSR count). The number of rotatable bonds is 2. The predicted octanol–water partition coefficient (Wildman–Crippen LogP) is 2.89. The quantitative estimate of drug-likeness (QED) is 0.831. The minimum Gasteiger partial charge on any atom is -0.273 e. The van der Waals surface area contributed by atoms with Crippen molar-refractivity contribution >= 4 is 5.91 Å². The van der Waals surface area contributed by atoms with Crippen molar-refractivity contribution < 1.29 is 13.6 Å². The van der Waals surface area contributed by atoms with Gasteiger partial charge in [-0.1, -0.05) is 6.92 Å². The molecule has 5 heteroatoms. The van der Waals surface area contributed by atoms with Crippen molar-refractivity contribution in [3.63, 3.8) is 0 Å². The smallest absolute Gasteiger partial charge is 0.244 e. The maximum absolute atomic E-state index is 13.4. The van der Waals surface area contributed by atoms with Gasteiger partial charge in [-0.2, -0.15) is 0 Å². The second-order valence-corrected chi connectivity index (χ2v) is 5.96. The van der Waals surface area contributed by atoms with Crippen LogP contribution in [0.25, 0.3) is 0 Å². The highest BCUT2D eigenvalue weighted by molar-refractivity contribution is 5.84. The van der Waals surface area contributed by atoms with Crippen LogP contribution in [0, 0.1) is 17.0 Å². The van der Waals surface area contributed by atoms with Crippen LogP contribution in [0.15, 0.2) is 18.2 Å². The van der Waals surface area contributed by atoms with E-state index in [1.165, 1.54) is 12.1 Å². The molecule has 2 heterocycles. The van der Waals surface area contributed by atoms with Gasteiger partial charge in [0.25, 0.3) is 0 Å². The number of fused-ring (bicyclic) bond motifs is 1. The molecular weight excluding hydrogens is 262 g/mol. The van der Waals surface area contributed by atoms with Crippen molar-refractivity contribution in [2.24, 2.45) is 5.41 Å². The van der Waals surface area contributed by atoms with Gasteiger partial charge in [0, 0.05) is 19.2 Å². The number of benzene rings is 1. The molecule has 0 radical (unpaired) electrons. The molecule has 1 aromatic carbocycles. The minimum atomic E-state index is -0.594. The number of hydrogen-bond acceptors (Lipinski definition) is 2. The van der Waals surface area contributed by atoms with Crippen LogP contribution in [0.1, 0.15) is 38.3 Å². The van der Waals surface area contributed by atoms with Gasteiger partial charge >= 0.3 is 0 Å². The largest absolute Gasteiger partial charge is 0.273 e. The lowest BCUT2D eigenvalue weighted by Crippen LogP contribution is -2.36. The van der Waals surface area contributed by atoms with Gasteiger partial charge in [0.2, 0.25) is 5.91 Å². The molecule has 0 N–H and O–H groups in total. The summed E-state index contributed by atoms with van der Waals surface area (Å²) in [4.78, 5) is 12.6. The zero-order chi connectivity index (χ0) is 14.5. The predicted molar refractivity (Wildman–Crippen MR) is 70.5 cm³/mol. The molecule has 0 aliphatic carbocycles. The van der Waals surface area contributed by atoms with E-state index < -0.39 is 11.6 Å². The lowest BCUT2D eigenvalue weighted by Gasteiger charge is -2.26. The monoisotopic (exact) mass is 280 g/mol. The zero-order valence-electron chi connectivity index (χ0n) is 11.7. The van der Waals surface area contributed by atoms with Crippen LogP contribution in [0.2, 0.25) is 0 Å². The second-order valence-electron chi connectivity index (χ2n) is 5.96. The van der Waals surface area contributed by atoms with Crippen LogP contribution in [0.5, 0.6) is 0 Å².